The third kappa shape index (κ3) is 3.38. The Morgan fingerprint density at radius 3 is 2.89 bits per heavy atom. The Labute approximate surface area is 113 Å². The number of hydrogen-bond donors (Lipinski definition) is 1. The maximum atomic E-state index is 11.9. The highest BCUT2D eigenvalue weighted by Gasteiger charge is 2.23. The molecule has 0 saturated carbocycles. The summed E-state index contributed by atoms with van der Waals surface area (Å²) in [5.74, 6) is 1.20. The Kier molecular flexibility index (Phi) is 4.27. The predicted molar refractivity (Wildman–Crippen MR) is 72.4 cm³/mol. The first kappa shape index (κ1) is 13.7. The lowest BCUT2D eigenvalue weighted by molar-refractivity contribution is -0.132. The fourth-order valence-electron chi connectivity index (χ4n) is 2.14. The van der Waals surface area contributed by atoms with Gasteiger partial charge in [0.15, 0.2) is 18.1 Å². The largest absolute Gasteiger partial charge is 0.493 e. The molecule has 0 bridgehead atoms. The second-order valence-corrected chi connectivity index (χ2v) is 4.83. The quantitative estimate of drug-likeness (QED) is 0.879. The number of carbonyl (C=O) groups is 1. The van der Waals surface area contributed by atoms with Crippen LogP contribution in [0.2, 0.25) is 0 Å². The van der Waals surface area contributed by atoms with Gasteiger partial charge < -0.3 is 20.1 Å². The lowest BCUT2D eigenvalue weighted by atomic mass is 10.2. The fourth-order valence-corrected chi connectivity index (χ4v) is 2.14. The van der Waals surface area contributed by atoms with Crippen LogP contribution in [0.1, 0.15) is 12.0 Å². The Morgan fingerprint density at radius 2 is 2.26 bits per heavy atom. The van der Waals surface area contributed by atoms with Crippen LogP contribution in [0.15, 0.2) is 18.2 Å². The lowest BCUT2D eigenvalue weighted by Gasteiger charge is -2.17. The number of likely N-dealkylation sites (tertiary alicyclic amines) is 1. The molecular weight excluding hydrogens is 244 g/mol. The first-order valence-corrected chi connectivity index (χ1v) is 6.41. The number of amides is 1. The molecular formula is C14H20N2O3. The number of aryl methyl sites for hydroxylation is 1. The average Bonchev–Trinajstić information content (AvgIpc) is 2.83. The summed E-state index contributed by atoms with van der Waals surface area (Å²) in [6.45, 7) is 3.33. The van der Waals surface area contributed by atoms with E-state index in [0.29, 0.717) is 24.6 Å². The standard InChI is InChI=1S/C14H20N2O3/c1-10-3-4-12(13(7-10)18-2)19-9-14(17)16-6-5-11(15)8-16/h3-4,7,11H,5-6,8-9,15H2,1-2H3. The minimum absolute atomic E-state index is 0.0200. The first-order chi connectivity index (χ1) is 9.10. The molecule has 1 aromatic rings. The number of methoxy groups -OCH3 is 1. The Morgan fingerprint density at radius 1 is 1.47 bits per heavy atom. The number of hydrogen-bond acceptors (Lipinski definition) is 4. The Bertz CT molecular complexity index is 462. The zero-order valence-corrected chi connectivity index (χ0v) is 11.4. The summed E-state index contributed by atoms with van der Waals surface area (Å²) in [5.41, 5.74) is 6.86. The number of nitrogens with two attached hydrogens (primary N) is 1. The maximum absolute atomic E-state index is 11.9. The van der Waals surface area contributed by atoms with Crippen LogP contribution in [0.4, 0.5) is 0 Å². The molecule has 1 heterocycles. The number of benzene rings is 1. The summed E-state index contributed by atoms with van der Waals surface area (Å²) in [7, 11) is 1.59. The van der Waals surface area contributed by atoms with Gasteiger partial charge in [-0.3, -0.25) is 4.79 Å². The number of rotatable bonds is 4. The second-order valence-electron chi connectivity index (χ2n) is 4.83. The minimum atomic E-state index is -0.0319. The van der Waals surface area contributed by atoms with Crippen LogP contribution in [0.25, 0.3) is 0 Å². The topological polar surface area (TPSA) is 64.8 Å². The van der Waals surface area contributed by atoms with Crippen LogP contribution in [0.5, 0.6) is 11.5 Å². The van der Waals surface area contributed by atoms with Crippen molar-refractivity contribution >= 4 is 5.91 Å². The molecule has 2 N–H and O–H groups in total. The highest BCUT2D eigenvalue weighted by atomic mass is 16.5. The van der Waals surface area contributed by atoms with Crippen LogP contribution in [-0.2, 0) is 4.79 Å². The molecule has 19 heavy (non-hydrogen) atoms. The second kappa shape index (κ2) is 5.93. The molecule has 0 radical (unpaired) electrons. The average molecular weight is 264 g/mol. The molecule has 1 aliphatic heterocycles. The van der Waals surface area contributed by atoms with E-state index in [9.17, 15) is 4.79 Å². The van der Waals surface area contributed by atoms with Gasteiger partial charge in [-0.25, -0.2) is 0 Å². The van der Waals surface area contributed by atoms with E-state index in [1.807, 2.05) is 25.1 Å². The third-order valence-electron chi connectivity index (χ3n) is 3.25. The Balaban J connectivity index is 1.93. The zero-order chi connectivity index (χ0) is 13.8. The van der Waals surface area contributed by atoms with Crippen molar-refractivity contribution in [3.63, 3.8) is 0 Å². The summed E-state index contributed by atoms with van der Waals surface area (Å²) >= 11 is 0. The van der Waals surface area contributed by atoms with Crippen LogP contribution in [-0.4, -0.2) is 43.7 Å². The molecule has 1 aliphatic rings. The lowest BCUT2D eigenvalue weighted by Crippen LogP contribution is -2.35. The molecule has 5 nitrogen and oxygen atoms in total. The van der Waals surface area contributed by atoms with Crippen molar-refractivity contribution < 1.29 is 14.3 Å². The molecule has 1 aromatic carbocycles. The summed E-state index contributed by atoms with van der Waals surface area (Å²) < 4.78 is 10.8. The zero-order valence-electron chi connectivity index (χ0n) is 11.4. The van der Waals surface area contributed by atoms with Crippen LogP contribution in [0, 0.1) is 6.92 Å². The third-order valence-corrected chi connectivity index (χ3v) is 3.25. The van der Waals surface area contributed by atoms with Crippen molar-refractivity contribution in [2.45, 2.75) is 19.4 Å². The van der Waals surface area contributed by atoms with E-state index in [0.717, 1.165) is 12.0 Å². The van der Waals surface area contributed by atoms with E-state index in [1.165, 1.54) is 0 Å². The van der Waals surface area contributed by atoms with Crippen LogP contribution in [0.3, 0.4) is 0 Å². The van der Waals surface area contributed by atoms with Gasteiger partial charge in [0, 0.05) is 19.1 Å². The smallest absolute Gasteiger partial charge is 0.260 e. The normalized spacial score (nSPS) is 18.5. The van der Waals surface area contributed by atoms with Gasteiger partial charge in [0.2, 0.25) is 0 Å². The molecule has 1 unspecified atom stereocenters. The highest BCUT2D eigenvalue weighted by Crippen LogP contribution is 2.27. The monoisotopic (exact) mass is 264 g/mol. The van der Waals surface area contributed by atoms with E-state index in [4.69, 9.17) is 15.2 Å². The van der Waals surface area contributed by atoms with E-state index >= 15 is 0 Å². The van der Waals surface area contributed by atoms with E-state index in [2.05, 4.69) is 0 Å². The van der Waals surface area contributed by atoms with Gasteiger partial charge in [-0.05, 0) is 31.0 Å². The molecule has 2 rings (SSSR count). The number of nitrogens with zero attached hydrogens (tertiary/aromatic N) is 1. The summed E-state index contributed by atoms with van der Waals surface area (Å²) in [6.07, 6.45) is 0.861. The van der Waals surface area contributed by atoms with Crippen LogP contribution >= 0.6 is 0 Å². The van der Waals surface area contributed by atoms with E-state index in [-0.39, 0.29) is 18.6 Å². The minimum Gasteiger partial charge on any atom is -0.493 e. The van der Waals surface area contributed by atoms with Gasteiger partial charge in [-0.1, -0.05) is 6.07 Å². The number of ether oxygens (including phenoxy) is 2. The Hall–Kier alpha value is -1.75. The van der Waals surface area contributed by atoms with Gasteiger partial charge in [0.25, 0.3) is 5.91 Å². The van der Waals surface area contributed by atoms with E-state index < -0.39 is 0 Å². The summed E-state index contributed by atoms with van der Waals surface area (Å²) in [4.78, 5) is 13.7. The van der Waals surface area contributed by atoms with E-state index in [1.54, 1.807) is 12.0 Å². The molecule has 1 amide bonds. The molecule has 1 saturated heterocycles. The molecule has 5 heteroatoms. The molecule has 0 aromatic heterocycles. The van der Waals surface area contributed by atoms with Crippen molar-refractivity contribution in [3.05, 3.63) is 23.8 Å². The first-order valence-electron chi connectivity index (χ1n) is 6.41. The van der Waals surface area contributed by atoms with Gasteiger partial charge in [-0.15, -0.1) is 0 Å². The highest BCUT2D eigenvalue weighted by molar-refractivity contribution is 5.78. The molecule has 0 aliphatic carbocycles. The molecule has 104 valence electrons. The molecule has 0 spiro atoms. The maximum Gasteiger partial charge on any atom is 0.260 e. The molecule has 1 fully saturated rings. The van der Waals surface area contributed by atoms with Crippen molar-refractivity contribution in [1.29, 1.82) is 0 Å². The van der Waals surface area contributed by atoms with Gasteiger partial charge in [0.05, 0.1) is 7.11 Å². The summed E-state index contributed by atoms with van der Waals surface area (Å²) in [5, 5.41) is 0. The predicted octanol–water partition coefficient (Wildman–Crippen LogP) is 0.942. The van der Waals surface area contributed by atoms with Crippen molar-refractivity contribution in [1.82, 2.24) is 4.90 Å². The van der Waals surface area contributed by atoms with Gasteiger partial charge in [0.1, 0.15) is 0 Å². The SMILES string of the molecule is COc1cc(C)ccc1OCC(=O)N1CCC(N)C1. The number of carbonyl (C=O) groups excluding carboxylic acids is 1. The van der Waals surface area contributed by atoms with Crippen molar-refractivity contribution in [2.75, 3.05) is 26.8 Å². The van der Waals surface area contributed by atoms with Crippen molar-refractivity contribution in [2.24, 2.45) is 5.73 Å². The van der Waals surface area contributed by atoms with Crippen LogP contribution < -0.4 is 15.2 Å². The van der Waals surface area contributed by atoms with Crippen molar-refractivity contribution in [3.8, 4) is 11.5 Å². The van der Waals surface area contributed by atoms with Gasteiger partial charge in [-0.2, -0.15) is 0 Å². The fraction of sp³-hybridized carbons (Fsp3) is 0.500. The molecule has 1 atom stereocenters. The van der Waals surface area contributed by atoms with Gasteiger partial charge >= 0.3 is 0 Å². The summed E-state index contributed by atoms with van der Waals surface area (Å²) in [6, 6.07) is 5.72.